The molecular formula is C24H30N2O3. The lowest BCUT2D eigenvalue weighted by atomic mass is 9.86. The largest absolute Gasteiger partial charge is 0.496 e. The first-order chi connectivity index (χ1) is 13.8. The van der Waals surface area contributed by atoms with E-state index in [1.807, 2.05) is 41.3 Å². The molecule has 154 valence electrons. The fraction of sp³-hybridized carbons (Fsp3) is 0.417. The van der Waals surface area contributed by atoms with Gasteiger partial charge in [-0.05, 0) is 48.1 Å². The summed E-state index contributed by atoms with van der Waals surface area (Å²) < 4.78 is 5.27. The Morgan fingerprint density at radius 3 is 2.21 bits per heavy atom. The van der Waals surface area contributed by atoms with Crippen LogP contribution in [0.4, 0.5) is 0 Å². The summed E-state index contributed by atoms with van der Waals surface area (Å²) in [4.78, 5) is 27.3. The molecule has 1 aliphatic heterocycles. The van der Waals surface area contributed by atoms with Crippen LogP contribution in [0.5, 0.6) is 5.75 Å². The number of ether oxygens (including phenoxy) is 1. The Bertz CT molecular complexity index is 860. The summed E-state index contributed by atoms with van der Waals surface area (Å²) in [6.45, 7) is 7.75. The van der Waals surface area contributed by atoms with E-state index < -0.39 is 0 Å². The van der Waals surface area contributed by atoms with E-state index in [2.05, 4.69) is 26.1 Å². The molecule has 2 aromatic carbocycles. The van der Waals surface area contributed by atoms with Crippen molar-refractivity contribution >= 4 is 11.8 Å². The molecule has 0 bridgehead atoms. The van der Waals surface area contributed by atoms with Gasteiger partial charge in [0.1, 0.15) is 5.75 Å². The molecule has 2 aromatic rings. The van der Waals surface area contributed by atoms with Gasteiger partial charge in [0.05, 0.1) is 12.7 Å². The summed E-state index contributed by atoms with van der Waals surface area (Å²) in [6.07, 6.45) is 1.49. The summed E-state index contributed by atoms with van der Waals surface area (Å²) >= 11 is 0. The predicted molar refractivity (Wildman–Crippen MR) is 115 cm³/mol. The minimum atomic E-state index is -0.134. The number of methoxy groups -OCH3 is 1. The van der Waals surface area contributed by atoms with Crippen molar-refractivity contribution in [2.24, 2.45) is 0 Å². The van der Waals surface area contributed by atoms with Gasteiger partial charge >= 0.3 is 0 Å². The number of hydrogen-bond donors (Lipinski definition) is 1. The first-order valence-corrected chi connectivity index (χ1v) is 10.1. The summed E-state index contributed by atoms with van der Waals surface area (Å²) in [5, 5.41) is 3.08. The molecule has 1 aliphatic rings. The van der Waals surface area contributed by atoms with Crippen LogP contribution in [0.25, 0.3) is 0 Å². The fourth-order valence-corrected chi connectivity index (χ4v) is 3.62. The van der Waals surface area contributed by atoms with Crippen LogP contribution in [0, 0.1) is 0 Å². The average Bonchev–Trinajstić information content (AvgIpc) is 2.73. The third kappa shape index (κ3) is 4.97. The van der Waals surface area contributed by atoms with Crippen molar-refractivity contribution in [3.63, 3.8) is 0 Å². The number of para-hydroxylation sites is 1. The summed E-state index contributed by atoms with van der Waals surface area (Å²) in [5.41, 5.74) is 2.54. The van der Waals surface area contributed by atoms with E-state index in [1.54, 1.807) is 19.2 Å². The molecule has 5 heteroatoms. The second-order valence-electron chi connectivity index (χ2n) is 8.57. The number of nitrogens with one attached hydrogen (secondary N) is 1. The molecule has 1 N–H and O–H groups in total. The van der Waals surface area contributed by atoms with Crippen molar-refractivity contribution in [2.75, 3.05) is 20.2 Å². The highest BCUT2D eigenvalue weighted by molar-refractivity contribution is 5.97. The van der Waals surface area contributed by atoms with Crippen LogP contribution in [-0.2, 0) is 5.41 Å². The number of hydrogen-bond acceptors (Lipinski definition) is 3. The van der Waals surface area contributed by atoms with Crippen molar-refractivity contribution in [3.05, 3.63) is 65.2 Å². The monoisotopic (exact) mass is 394 g/mol. The molecular weight excluding hydrogens is 364 g/mol. The second-order valence-corrected chi connectivity index (χ2v) is 8.57. The summed E-state index contributed by atoms with van der Waals surface area (Å²) in [7, 11) is 1.56. The molecule has 0 aliphatic carbocycles. The molecule has 0 radical (unpaired) electrons. The van der Waals surface area contributed by atoms with Crippen molar-refractivity contribution in [1.82, 2.24) is 10.2 Å². The molecule has 0 unspecified atom stereocenters. The maximum Gasteiger partial charge on any atom is 0.255 e. The van der Waals surface area contributed by atoms with Crippen LogP contribution in [0.2, 0.25) is 0 Å². The van der Waals surface area contributed by atoms with E-state index in [0.29, 0.717) is 24.4 Å². The number of likely N-dealkylation sites (tertiary alicyclic amines) is 1. The molecule has 0 atom stereocenters. The van der Waals surface area contributed by atoms with E-state index in [1.165, 1.54) is 5.56 Å². The normalized spacial score (nSPS) is 15.1. The van der Waals surface area contributed by atoms with E-state index in [0.717, 1.165) is 18.4 Å². The van der Waals surface area contributed by atoms with Crippen molar-refractivity contribution in [1.29, 1.82) is 0 Å². The number of benzene rings is 2. The third-order valence-electron chi connectivity index (χ3n) is 5.47. The molecule has 5 nitrogen and oxygen atoms in total. The Labute approximate surface area is 173 Å². The van der Waals surface area contributed by atoms with E-state index in [4.69, 9.17) is 4.74 Å². The summed E-state index contributed by atoms with van der Waals surface area (Å²) in [5.74, 6) is 0.487. The number of carbonyl (C=O) groups excluding carboxylic acids is 2. The van der Waals surface area contributed by atoms with E-state index in [-0.39, 0.29) is 23.3 Å². The van der Waals surface area contributed by atoms with Gasteiger partial charge in [0, 0.05) is 24.7 Å². The number of rotatable bonds is 4. The van der Waals surface area contributed by atoms with Gasteiger partial charge < -0.3 is 15.0 Å². The van der Waals surface area contributed by atoms with E-state index >= 15 is 0 Å². The van der Waals surface area contributed by atoms with Crippen LogP contribution in [0.15, 0.2) is 48.5 Å². The first kappa shape index (κ1) is 20.9. The topological polar surface area (TPSA) is 58.6 Å². The Hall–Kier alpha value is -2.82. The van der Waals surface area contributed by atoms with Crippen LogP contribution in [0.1, 0.15) is 59.9 Å². The van der Waals surface area contributed by atoms with Gasteiger partial charge in [0.25, 0.3) is 11.8 Å². The minimum absolute atomic E-state index is 0.0553. The van der Waals surface area contributed by atoms with Gasteiger partial charge in [0.15, 0.2) is 0 Å². The lowest BCUT2D eigenvalue weighted by molar-refractivity contribution is 0.0698. The number of amides is 2. The molecule has 0 saturated carbocycles. The van der Waals surface area contributed by atoms with Crippen molar-refractivity contribution in [3.8, 4) is 5.75 Å². The highest BCUT2D eigenvalue weighted by Gasteiger charge is 2.26. The third-order valence-corrected chi connectivity index (χ3v) is 5.47. The second kappa shape index (κ2) is 8.68. The van der Waals surface area contributed by atoms with Crippen molar-refractivity contribution < 1.29 is 14.3 Å². The molecule has 29 heavy (non-hydrogen) atoms. The molecule has 1 heterocycles. The van der Waals surface area contributed by atoms with Gasteiger partial charge in [-0.1, -0.05) is 45.0 Å². The highest BCUT2D eigenvalue weighted by Crippen LogP contribution is 2.23. The Kier molecular flexibility index (Phi) is 6.26. The average molecular weight is 395 g/mol. The quantitative estimate of drug-likeness (QED) is 0.852. The van der Waals surface area contributed by atoms with Gasteiger partial charge in [0.2, 0.25) is 0 Å². The highest BCUT2D eigenvalue weighted by atomic mass is 16.5. The lowest BCUT2D eigenvalue weighted by Crippen LogP contribution is -2.46. The smallest absolute Gasteiger partial charge is 0.255 e. The fourth-order valence-electron chi connectivity index (χ4n) is 3.62. The van der Waals surface area contributed by atoms with Crippen LogP contribution in [0.3, 0.4) is 0 Å². The Morgan fingerprint density at radius 2 is 1.62 bits per heavy atom. The molecule has 1 saturated heterocycles. The standard InChI is InChI=1S/C24H30N2O3/c1-24(2,3)18-11-9-17(10-12-18)23(28)26-15-13-19(14-16-26)25-22(27)20-7-5-6-8-21(20)29-4/h5-12,19H,13-16H2,1-4H3,(H,25,27). The molecule has 1 fully saturated rings. The van der Waals surface area contributed by atoms with Gasteiger partial charge in [-0.25, -0.2) is 0 Å². The van der Waals surface area contributed by atoms with Crippen molar-refractivity contribution in [2.45, 2.75) is 45.1 Å². The number of nitrogens with zero attached hydrogens (tertiary/aromatic N) is 1. The molecule has 0 aromatic heterocycles. The maximum atomic E-state index is 12.8. The van der Waals surface area contributed by atoms with Crippen LogP contribution >= 0.6 is 0 Å². The minimum Gasteiger partial charge on any atom is -0.496 e. The van der Waals surface area contributed by atoms with Crippen LogP contribution in [-0.4, -0.2) is 43.0 Å². The zero-order valence-corrected chi connectivity index (χ0v) is 17.7. The Balaban J connectivity index is 1.56. The summed E-state index contributed by atoms with van der Waals surface area (Å²) in [6, 6.07) is 15.2. The molecule has 0 spiro atoms. The Morgan fingerprint density at radius 1 is 1.00 bits per heavy atom. The zero-order valence-electron chi connectivity index (χ0n) is 17.7. The molecule has 3 rings (SSSR count). The van der Waals surface area contributed by atoms with Gasteiger partial charge in [-0.15, -0.1) is 0 Å². The van der Waals surface area contributed by atoms with Gasteiger partial charge in [-0.3, -0.25) is 9.59 Å². The maximum absolute atomic E-state index is 12.8. The first-order valence-electron chi connectivity index (χ1n) is 10.1. The SMILES string of the molecule is COc1ccccc1C(=O)NC1CCN(C(=O)c2ccc(C(C)(C)C)cc2)CC1. The lowest BCUT2D eigenvalue weighted by Gasteiger charge is -2.32. The van der Waals surface area contributed by atoms with E-state index in [9.17, 15) is 9.59 Å². The molecule has 2 amide bonds. The zero-order chi connectivity index (χ0) is 21.0. The number of carbonyl (C=O) groups is 2. The number of piperidine rings is 1. The predicted octanol–water partition coefficient (Wildman–Crippen LogP) is 4.03. The van der Waals surface area contributed by atoms with Crippen LogP contribution < -0.4 is 10.1 Å². The van der Waals surface area contributed by atoms with Gasteiger partial charge in [-0.2, -0.15) is 0 Å².